The largest absolute Gasteiger partial charge is 0.481 e. The van der Waals surface area contributed by atoms with Crippen LogP contribution in [0.1, 0.15) is 22.5 Å². The van der Waals surface area contributed by atoms with Gasteiger partial charge >= 0.3 is 5.97 Å². The zero-order valence-electron chi connectivity index (χ0n) is 10.3. The number of carbonyl (C=O) groups excluding carboxylic acids is 1. The first-order chi connectivity index (χ1) is 8.49. The van der Waals surface area contributed by atoms with E-state index in [-0.39, 0.29) is 11.9 Å². The predicted octanol–water partition coefficient (Wildman–Crippen LogP) is 0.488. The Labute approximate surface area is 104 Å². The van der Waals surface area contributed by atoms with Crippen molar-refractivity contribution in [2.24, 2.45) is 13.0 Å². The van der Waals surface area contributed by atoms with Gasteiger partial charge in [0, 0.05) is 18.8 Å². The molecule has 2 atom stereocenters. The number of carboxylic acids is 1. The number of aliphatic carboxylic acids is 1. The summed E-state index contributed by atoms with van der Waals surface area (Å²) < 4.78 is 1.62. The van der Waals surface area contributed by atoms with Gasteiger partial charge in [-0.2, -0.15) is 5.10 Å². The molecule has 0 saturated heterocycles. The number of hydrogen-bond acceptors (Lipinski definition) is 3. The summed E-state index contributed by atoms with van der Waals surface area (Å²) in [6, 6.07) is -0.224. The Hall–Kier alpha value is -2.11. The fourth-order valence-electron chi connectivity index (χ4n) is 1.96. The molecule has 1 amide bonds. The van der Waals surface area contributed by atoms with E-state index < -0.39 is 11.9 Å². The zero-order valence-corrected chi connectivity index (χ0v) is 10.3. The van der Waals surface area contributed by atoms with Gasteiger partial charge in [-0.1, -0.05) is 12.2 Å². The van der Waals surface area contributed by atoms with Gasteiger partial charge in [0.25, 0.3) is 5.91 Å². The molecule has 0 bridgehead atoms. The van der Waals surface area contributed by atoms with Crippen molar-refractivity contribution in [2.45, 2.75) is 19.4 Å². The number of aromatic nitrogens is 2. The van der Waals surface area contributed by atoms with Gasteiger partial charge in [-0.3, -0.25) is 14.3 Å². The summed E-state index contributed by atoms with van der Waals surface area (Å²) in [5.41, 5.74) is 1.30. The fourth-order valence-corrected chi connectivity index (χ4v) is 1.96. The van der Waals surface area contributed by atoms with Crippen LogP contribution in [0.15, 0.2) is 18.3 Å². The number of amides is 1. The second-order valence-corrected chi connectivity index (χ2v) is 4.41. The number of rotatable bonds is 3. The maximum absolute atomic E-state index is 12.0. The van der Waals surface area contributed by atoms with Crippen molar-refractivity contribution in [3.63, 3.8) is 0 Å². The van der Waals surface area contributed by atoms with E-state index in [1.165, 1.54) is 6.20 Å². The van der Waals surface area contributed by atoms with E-state index in [9.17, 15) is 9.59 Å². The smallest absolute Gasteiger partial charge is 0.310 e. The lowest BCUT2D eigenvalue weighted by atomic mass is 10.1. The number of carbonyl (C=O) groups is 2. The van der Waals surface area contributed by atoms with Crippen LogP contribution in [-0.2, 0) is 11.8 Å². The van der Waals surface area contributed by atoms with Gasteiger partial charge in [0.2, 0.25) is 0 Å². The number of aryl methyl sites for hydroxylation is 1. The van der Waals surface area contributed by atoms with Crippen LogP contribution in [0.5, 0.6) is 0 Å². The van der Waals surface area contributed by atoms with Crippen LogP contribution in [0.25, 0.3) is 0 Å². The van der Waals surface area contributed by atoms with E-state index in [1.807, 2.05) is 6.92 Å². The van der Waals surface area contributed by atoms with E-state index in [0.29, 0.717) is 12.0 Å². The first kappa shape index (κ1) is 12.3. The van der Waals surface area contributed by atoms with Gasteiger partial charge in [0.1, 0.15) is 0 Å². The lowest BCUT2D eigenvalue weighted by Crippen LogP contribution is -2.33. The molecule has 1 heterocycles. The van der Waals surface area contributed by atoms with E-state index in [2.05, 4.69) is 10.4 Å². The first-order valence-electron chi connectivity index (χ1n) is 5.69. The summed E-state index contributed by atoms with van der Waals surface area (Å²) in [5.74, 6) is -1.59. The van der Waals surface area contributed by atoms with Crippen LogP contribution in [0.2, 0.25) is 0 Å². The number of carboxylic acid groups (broad SMARTS) is 1. The highest BCUT2D eigenvalue weighted by atomic mass is 16.4. The Morgan fingerprint density at radius 2 is 2.22 bits per heavy atom. The van der Waals surface area contributed by atoms with Crippen LogP contribution in [0.4, 0.5) is 0 Å². The number of nitrogens with one attached hydrogen (secondary N) is 1. The molecule has 2 unspecified atom stereocenters. The average molecular weight is 249 g/mol. The van der Waals surface area contributed by atoms with Crippen molar-refractivity contribution in [2.75, 3.05) is 0 Å². The molecule has 0 aliphatic heterocycles. The van der Waals surface area contributed by atoms with Crippen molar-refractivity contribution in [3.05, 3.63) is 29.6 Å². The van der Waals surface area contributed by atoms with Gasteiger partial charge in [0.05, 0.1) is 17.7 Å². The highest BCUT2D eigenvalue weighted by Crippen LogP contribution is 2.18. The topological polar surface area (TPSA) is 84.2 Å². The molecule has 0 radical (unpaired) electrons. The van der Waals surface area contributed by atoms with Gasteiger partial charge in [-0.25, -0.2) is 0 Å². The molecular weight excluding hydrogens is 234 g/mol. The summed E-state index contributed by atoms with van der Waals surface area (Å²) in [6.45, 7) is 1.81. The minimum absolute atomic E-state index is 0.221. The third-order valence-corrected chi connectivity index (χ3v) is 3.20. The third kappa shape index (κ3) is 2.27. The second kappa shape index (κ2) is 4.64. The van der Waals surface area contributed by atoms with Crippen molar-refractivity contribution < 1.29 is 14.7 Å². The minimum atomic E-state index is -0.861. The molecule has 6 heteroatoms. The summed E-state index contributed by atoms with van der Waals surface area (Å²) in [4.78, 5) is 22.7. The molecule has 0 fully saturated rings. The van der Waals surface area contributed by atoms with Gasteiger partial charge < -0.3 is 10.4 Å². The average Bonchev–Trinajstić information content (AvgIpc) is 2.88. The highest BCUT2D eigenvalue weighted by Gasteiger charge is 2.26. The van der Waals surface area contributed by atoms with Crippen LogP contribution >= 0.6 is 0 Å². The molecule has 2 rings (SSSR count). The zero-order chi connectivity index (χ0) is 13.3. The molecule has 1 aliphatic carbocycles. The lowest BCUT2D eigenvalue weighted by molar-refractivity contribution is -0.140. The molecule has 1 aromatic heterocycles. The lowest BCUT2D eigenvalue weighted by Gasteiger charge is -2.11. The van der Waals surface area contributed by atoms with Crippen molar-refractivity contribution in [1.29, 1.82) is 0 Å². The van der Waals surface area contributed by atoms with Gasteiger partial charge in [-0.15, -0.1) is 0 Å². The van der Waals surface area contributed by atoms with Crippen molar-refractivity contribution in [3.8, 4) is 0 Å². The Bertz CT molecular complexity index is 519. The standard InChI is InChI=1S/C12H15N3O3/c1-7-10(6-13-15(7)2)11(16)14-9-4-3-8(5-9)12(17)18/h3-4,6,8-9H,5H2,1-2H3,(H,14,16)(H,17,18). The summed E-state index contributed by atoms with van der Waals surface area (Å²) in [5, 5.41) is 15.6. The quantitative estimate of drug-likeness (QED) is 0.763. The number of nitrogens with zero attached hydrogens (tertiary/aromatic N) is 2. The molecule has 96 valence electrons. The maximum Gasteiger partial charge on any atom is 0.310 e. The normalized spacial score (nSPS) is 22.1. The molecule has 2 N–H and O–H groups in total. The van der Waals surface area contributed by atoms with Crippen LogP contribution in [0.3, 0.4) is 0 Å². The van der Waals surface area contributed by atoms with E-state index >= 15 is 0 Å². The Kier molecular flexibility index (Phi) is 3.18. The van der Waals surface area contributed by atoms with Gasteiger partial charge in [-0.05, 0) is 13.3 Å². The molecular formula is C12H15N3O3. The SMILES string of the molecule is Cc1c(C(=O)NC2C=CC(C(=O)O)C2)cnn1C. The Morgan fingerprint density at radius 3 is 2.72 bits per heavy atom. The third-order valence-electron chi connectivity index (χ3n) is 3.20. The van der Waals surface area contributed by atoms with E-state index in [4.69, 9.17) is 5.11 Å². The van der Waals surface area contributed by atoms with E-state index in [1.54, 1.807) is 23.9 Å². The second-order valence-electron chi connectivity index (χ2n) is 4.41. The molecule has 18 heavy (non-hydrogen) atoms. The fraction of sp³-hybridized carbons (Fsp3) is 0.417. The van der Waals surface area contributed by atoms with Crippen LogP contribution in [0, 0.1) is 12.8 Å². The minimum Gasteiger partial charge on any atom is -0.481 e. The molecule has 0 saturated carbocycles. The molecule has 1 aliphatic rings. The Balaban J connectivity index is 2.00. The molecule has 0 aromatic carbocycles. The first-order valence-corrected chi connectivity index (χ1v) is 5.69. The summed E-state index contributed by atoms with van der Waals surface area (Å²) >= 11 is 0. The van der Waals surface area contributed by atoms with Crippen LogP contribution in [-0.4, -0.2) is 32.8 Å². The number of hydrogen-bond donors (Lipinski definition) is 2. The Morgan fingerprint density at radius 1 is 1.50 bits per heavy atom. The van der Waals surface area contributed by atoms with Crippen molar-refractivity contribution in [1.82, 2.24) is 15.1 Å². The van der Waals surface area contributed by atoms with Crippen LogP contribution < -0.4 is 5.32 Å². The highest BCUT2D eigenvalue weighted by molar-refractivity contribution is 5.95. The van der Waals surface area contributed by atoms with E-state index in [0.717, 1.165) is 5.69 Å². The summed E-state index contributed by atoms with van der Waals surface area (Å²) in [6.07, 6.45) is 5.25. The molecule has 1 aromatic rings. The maximum atomic E-state index is 12.0. The molecule has 6 nitrogen and oxygen atoms in total. The van der Waals surface area contributed by atoms with Gasteiger partial charge in [0.15, 0.2) is 0 Å². The predicted molar refractivity (Wildman–Crippen MR) is 64.1 cm³/mol. The summed E-state index contributed by atoms with van der Waals surface area (Å²) in [7, 11) is 1.77. The molecule has 0 spiro atoms. The van der Waals surface area contributed by atoms with Crippen molar-refractivity contribution >= 4 is 11.9 Å². The monoisotopic (exact) mass is 249 g/mol.